The van der Waals surface area contributed by atoms with Gasteiger partial charge in [-0.25, -0.2) is 9.18 Å². The predicted molar refractivity (Wildman–Crippen MR) is 69.8 cm³/mol. The summed E-state index contributed by atoms with van der Waals surface area (Å²) in [7, 11) is 0. The van der Waals surface area contributed by atoms with E-state index in [9.17, 15) is 9.18 Å². The van der Waals surface area contributed by atoms with Crippen molar-refractivity contribution in [3.63, 3.8) is 0 Å². The average molecular weight is 256 g/mol. The van der Waals surface area contributed by atoms with E-state index in [-0.39, 0.29) is 0 Å². The Labute approximate surface area is 110 Å². The zero-order valence-corrected chi connectivity index (χ0v) is 10.5. The third-order valence-corrected chi connectivity index (χ3v) is 3.56. The topological polar surface area (TPSA) is 26.3 Å². The van der Waals surface area contributed by atoms with Gasteiger partial charge in [0, 0.05) is 11.1 Å². The van der Waals surface area contributed by atoms with E-state index in [4.69, 9.17) is 4.74 Å². The monoisotopic (exact) mass is 256 g/mol. The molecule has 0 aromatic heterocycles. The van der Waals surface area contributed by atoms with Crippen molar-refractivity contribution < 1.29 is 13.9 Å². The number of hydrogen-bond acceptors (Lipinski definition) is 2. The van der Waals surface area contributed by atoms with Gasteiger partial charge in [0.05, 0.1) is 5.56 Å². The van der Waals surface area contributed by atoms with Crippen molar-refractivity contribution in [3.8, 4) is 0 Å². The van der Waals surface area contributed by atoms with E-state index in [0.717, 1.165) is 5.56 Å². The number of alkyl halides is 1. The Hall–Kier alpha value is -2.16. The van der Waals surface area contributed by atoms with E-state index in [1.54, 1.807) is 24.3 Å². The fourth-order valence-corrected chi connectivity index (χ4v) is 2.50. The highest BCUT2D eigenvalue weighted by Crippen LogP contribution is 2.42. The number of carbonyl (C=O) groups excluding carboxylic acids is 1. The second-order valence-electron chi connectivity index (χ2n) is 4.76. The van der Waals surface area contributed by atoms with E-state index in [0.29, 0.717) is 16.7 Å². The lowest BCUT2D eigenvalue weighted by molar-refractivity contribution is 0.000390. The minimum Gasteiger partial charge on any atom is -0.443 e. The first-order valence-electron chi connectivity index (χ1n) is 6.13. The number of benzene rings is 2. The molecular formula is C16H13FO2. The molecule has 3 rings (SSSR count). The Kier molecular flexibility index (Phi) is 2.63. The molecule has 0 radical (unpaired) electrons. The van der Waals surface area contributed by atoms with Gasteiger partial charge in [-0.05, 0) is 13.0 Å². The Bertz CT molecular complexity index is 633. The Morgan fingerprint density at radius 1 is 1.11 bits per heavy atom. The number of halogens is 1. The van der Waals surface area contributed by atoms with E-state index in [1.807, 2.05) is 31.2 Å². The summed E-state index contributed by atoms with van der Waals surface area (Å²) >= 11 is 0. The van der Waals surface area contributed by atoms with E-state index in [2.05, 4.69) is 0 Å². The molecule has 0 bridgehead atoms. The van der Waals surface area contributed by atoms with Gasteiger partial charge < -0.3 is 4.74 Å². The summed E-state index contributed by atoms with van der Waals surface area (Å²) in [6, 6.07) is 14.4. The molecule has 1 heterocycles. The third kappa shape index (κ3) is 1.65. The SMILES string of the molecule is Cc1ccc([C@@]2(CF)OC(=O)c3ccccc32)cc1. The molecule has 0 unspecified atom stereocenters. The van der Waals surface area contributed by atoms with Crippen LogP contribution in [0.2, 0.25) is 0 Å². The Morgan fingerprint density at radius 3 is 2.47 bits per heavy atom. The summed E-state index contributed by atoms with van der Waals surface area (Å²) in [6.07, 6.45) is 0. The zero-order valence-electron chi connectivity index (χ0n) is 10.5. The maximum atomic E-state index is 13.7. The van der Waals surface area contributed by atoms with Gasteiger partial charge in [0.1, 0.15) is 6.67 Å². The summed E-state index contributed by atoms with van der Waals surface area (Å²) in [5.41, 5.74) is 1.50. The van der Waals surface area contributed by atoms with Gasteiger partial charge in [0.25, 0.3) is 0 Å². The quantitative estimate of drug-likeness (QED) is 0.770. The van der Waals surface area contributed by atoms with Crippen molar-refractivity contribution in [2.75, 3.05) is 6.67 Å². The molecule has 1 aliphatic heterocycles. The normalized spacial score (nSPS) is 21.1. The van der Waals surface area contributed by atoms with Crippen LogP contribution in [0.5, 0.6) is 0 Å². The Morgan fingerprint density at radius 2 is 1.79 bits per heavy atom. The molecule has 1 atom stereocenters. The average Bonchev–Trinajstić information content (AvgIpc) is 2.74. The van der Waals surface area contributed by atoms with Crippen LogP contribution >= 0.6 is 0 Å². The van der Waals surface area contributed by atoms with Crippen LogP contribution < -0.4 is 0 Å². The van der Waals surface area contributed by atoms with Crippen molar-refractivity contribution in [2.45, 2.75) is 12.5 Å². The van der Waals surface area contributed by atoms with E-state index in [1.165, 1.54) is 0 Å². The third-order valence-electron chi connectivity index (χ3n) is 3.56. The Balaban J connectivity index is 2.21. The van der Waals surface area contributed by atoms with Gasteiger partial charge in [0.15, 0.2) is 5.60 Å². The van der Waals surface area contributed by atoms with Gasteiger partial charge >= 0.3 is 5.97 Å². The van der Waals surface area contributed by atoms with Crippen molar-refractivity contribution in [1.29, 1.82) is 0 Å². The molecule has 19 heavy (non-hydrogen) atoms. The fraction of sp³-hybridized carbons (Fsp3) is 0.188. The lowest BCUT2D eigenvalue weighted by Crippen LogP contribution is -2.30. The van der Waals surface area contributed by atoms with Crippen LogP contribution in [-0.2, 0) is 10.3 Å². The van der Waals surface area contributed by atoms with Crippen molar-refractivity contribution in [2.24, 2.45) is 0 Å². The maximum Gasteiger partial charge on any atom is 0.339 e. The second kappa shape index (κ2) is 4.19. The molecule has 0 saturated heterocycles. The van der Waals surface area contributed by atoms with Crippen LogP contribution in [-0.4, -0.2) is 12.6 Å². The standard InChI is InChI=1S/C16H13FO2/c1-11-6-8-12(9-7-11)16(10-17)14-5-3-2-4-13(14)15(18)19-16/h2-9H,10H2,1H3/t16-/m1/s1. The number of fused-ring (bicyclic) bond motifs is 1. The van der Waals surface area contributed by atoms with Gasteiger partial charge in [-0.2, -0.15) is 0 Å². The minimum atomic E-state index is -1.29. The summed E-state index contributed by atoms with van der Waals surface area (Å²) in [6.45, 7) is 1.19. The predicted octanol–water partition coefficient (Wildman–Crippen LogP) is 3.38. The molecule has 1 aliphatic rings. The number of aryl methyl sites for hydroxylation is 1. The lowest BCUT2D eigenvalue weighted by Gasteiger charge is -2.26. The largest absolute Gasteiger partial charge is 0.443 e. The number of rotatable bonds is 2. The number of cyclic esters (lactones) is 1. The van der Waals surface area contributed by atoms with Crippen molar-refractivity contribution in [3.05, 3.63) is 70.8 Å². The molecule has 2 nitrogen and oxygen atoms in total. The van der Waals surface area contributed by atoms with E-state index < -0.39 is 18.2 Å². The second-order valence-corrected chi connectivity index (χ2v) is 4.76. The zero-order chi connectivity index (χ0) is 13.5. The van der Waals surface area contributed by atoms with Crippen LogP contribution in [0.15, 0.2) is 48.5 Å². The number of ether oxygens (including phenoxy) is 1. The molecule has 3 heteroatoms. The van der Waals surface area contributed by atoms with Gasteiger partial charge in [-0.15, -0.1) is 0 Å². The summed E-state index contributed by atoms with van der Waals surface area (Å²) in [4.78, 5) is 11.9. The molecule has 2 aromatic carbocycles. The van der Waals surface area contributed by atoms with Crippen molar-refractivity contribution in [1.82, 2.24) is 0 Å². The molecule has 0 saturated carbocycles. The smallest absolute Gasteiger partial charge is 0.339 e. The molecule has 0 spiro atoms. The fourth-order valence-electron chi connectivity index (χ4n) is 2.50. The summed E-state index contributed by atoms with van der Waals surface area (Å²) in [5, 5.41) is 0. The van der Waals surface area contributed by atoms with Gasteiger partial charge in [-0.1, -0.05) is 48.0 Å². The van der Waals surface area contributed by atoms with Crippen LogP contribution in [0.4, 0.5) is 4.39 Å². The molecule has 0 N–H and O–H groups in total. The van der Waals surface area contributed by atoms with Crippen LogP contribution in [0, 0.1) is 6.92 Å². The minimum absolute atomic E-state index is 0.445. The highest BCUT2D eigenvalue weighted by atomic mass is 19.1. The summed E-state index contributed by atoms with van der Waals surface area (Å²) in [5.74, 6) is -0.464. The summed E-state index contributed by atoms with van der Waals surface area (Å²) < 4.78 is 19.1. The van der Waals surface area contributed by atoms with Crippen LogP contribution in [0.1, 0.15) is 27.0 Å². The molecular weight excluding hydrogens is 243 g/mol. The number of carbonyl (C=O) groups is 1. The van der Waals surface area contributed by atoms with Gasteiger partial charge in [0.2, 0.25) is 0 Å². The number of hydrogen-bond donors (Lipinski definition) is 0. The van der Waals surface area contributed by atoms with Crippen molar-refractivity contribution >= 4 is 5.97 Å². The lowest BCUT2D eigenvalue weighted by atomic mass is 9.86. The van der Waals surface area contributed by atoms with E-state index >= 15 is 0 Å². The van der Waals surface area contributed by atoms with Crippen LogP contribution in [0.25, 0.3) is 0 Å². The molecule has 2 aromatic rings. The highest BCUT2D eigenvalue weighted by Gasteiger charge is 2.47. The molecule has 0 aliphatic carbocycles. The van der Waals surface area contributed by atoms with Gasteiger partial charge in [-0.3, -0.25) is 0 Å². The highest BCUT2D eigenvalue weighted by molar-refractivity contribution is 5.95. The molecule has 96 valence electrons. The van der Waals surface area contributed by atoms with Crippen LogP contribution in [0.3, 0.4) is 0 Å². The molecule has 0 amide bonds. The first-order valence-corrected chi connectivity index (χ1v) is 6.13. The first kappa shape index (κ1) is 11.9. The molecule has 0 fully saturated rings. The first-order chi connectivity index (χ1) is 9.17. The number of esters is 1. The maximum absolute atomic E-state index is 13.7.